The van der Waals surface area contributed by atoms with Crippen molar-refractivity contribution in [2.45, 2.75) is 6.54 Å². The number of nitrogen functional groups attached to an aromatic ring is 1. The van der Waals surface area contributed by atoms with E-state index in [0.717, 1.165) is 0 Å². The maximum Gasteiger partial charge on any atom is 0.265 e. The number of aromatic nitrogens is 1. The first-order valence-corrected chi connectivity index (χ1v) is 6.14. The second-order valence-electron chi connectivity index (χ2n) is 3.97. The molecule has 0 amide bonds. The van der Waals surface area contributed by atoms with Gasteiger partial charge < -0.3 is 10.3 Å². The number of hydrogen-bond donors (Lipinski definition) is 1. The van der Waals surface area contributed by atoms with Gasteiger partial charge in [0.25, 0.3) is 5.56 Å². The van der Waals surface area contributed by atoms with Crippen molar-refractivity contribution in [1.82, 2.24) is 4.57 Å². The number of pyridine rings is 1. The van der Waals surface area contributed by atoms with Gasteiger partial charge in [0.05, 0.1) is 22.7 Å². The minimum absolute atomic E-state index is 0.0177. The van der Waals surface area contributed by atoms with Gasteiger partial charge >= 0.3 is 0 Å². The molecule has 4 nitrogen and oxygen atoms in total. The molecule has 0 aliphatic rings. The van der Waals surface area contributed by atoms with Gasteiger partial charge in [-0.15, -0.1) is 0 Å². The van der Waals surface area contributed by atoms with E-state index in [2.05, 4.69) is 15.9 Å². The highest BCUT2D eigenvalue weighted by molar-refractivity contribution is 9.10. The summed E-state index contributed by atoms with van der Waals surface area (Å²) >= 11 is 3.10. The molecule has 1 aromatic heterocycles. The fourth-order valence-corrected chi connectivity index (χ4v) is 2.18. The molecule has 0 bridgehead atoms. The molecule has 0 saturated carbocycles. The number of anilines is 1. The average molecular weight is 322 g/mol. The van der Waals surface area contributed by atoms with Crippen molar-refractivity contribution < 1.29 is 4.39 Å². The molecule has 0 atom stereocenters. The Bertz CT molecular complexity index is 734. The van der Waals surface area contributed by atoms with Crippen LogP contribution in [-0.2, 0) is 6.54 Å². The zero-order valence-corrected chi connectivity index (χ0v) is 11.3. The third-order valence-corrected chi connectivity index (χ3v) is 3.15. The van der Waals surface area contributed by atoms with E-state index in [1.54, 1.807) is 0 Å². The second kappa shape index (κ2) is 5.24. The van der Waals surface area contributed by atoms with Crippen LogP contribution in [0.4, 0.5) is 10.1 Å². The van der Waals surface area contributed by atoms with Crippen molar-refractivity contribution in [3.63, 3.8) is 0 Å². The lowest BCUT2D eigenvalue weighted by atomic mass is 10.1. The summed E-state index contributed by atoms with van der Waals surface area (Å²) in [6.07, 6.45) is 1.44. The smallest absolute Gasteiger partial charge is 0.265 e. The second-order valence-corrected chi connectivity index (χ2v) is 4.83. The molecule has 0 aliphatic carbocycles. The standard InChI is InChI=1S/C13H9BrFN3O/c14-11-4-10(17)7-18(13(11)19)6-9-3-8(5-16)1-2-12(9)15/h1-4,7H,6,17H2. The van der Waals surface area contributed by atoms with Crippen LogP contribution in [0.15, 0.2) is 39.7 Å². The summed E-state index contributed by atoms with van der Waals surface area (Å²) in [5.74, 6) is -0.468. The van der Waals surface area contributed by atoms with E-state index >= 15 is 0 Å². The van der Waals surface area contributed by atoms with Crippen molar-refractivity contribution in [2.24, 2.45) is 0 Å². The van der Waals surface area contributed by atoms with Gasteiger partial charge in [-0.3, -0.25) is 4.79 Å². The molecule has 0 radical (unpaired) electrons. The van der Waals surface area contributed by atoms with Gasteiger partial charge in [0, 0.05) is 17.4 Å². The quantitative estimate of drug-likeness (QED) is 0.922. The lowest BCUT2D eigenvalue weighted by Crippen LogP contribution is -2.21. The zero-order chi connectivity index (χ0) is 14.0. The number of halogens is 2. The van der Waals surface area contributed by atoms with Gasteiger partial charge in [-0.25, -0.2) is 4.39 Å². The van der Waals surface area contributed by atoms with Gasteiger partial charge in [-0.2, -0.15) is 5.26 Å². The molecule has 0 saturated heterocycles. The minimum Gasteiger partial charge on any atom is -0.398 e. The van der Waals surface area contributed by atoms with E-state index in [4.69, 9.17) is 11.0 Å². The van der Waals surface area contributed by atoms with Crippen LogP contribution in [0.3, 0.4) is 0 Å². The molecular weight excluding hydrogens is 313 g/mol. The number of rotatable bonds is 2. The van der Waals surface area contributed by atoms with Crippen molar-refractivity contribution in [2.75, 3.05) is 5.73 Å². The summed E-state index contributed by atoms with van der Waals surface area (Å²) in [7, 11) is 0. The Morgan fingerprint density at radius 3 is 2.84 bits per heavy atom. The highest BCUT2D eigenvalue weighted by Crippen LogP contribution is 2.13. The van der Waals surface area contributed by atoms with Crippen molar-refractivity contribution in [3.05, 3.63) is 62.2 Å². The Hall–Kier alpha value is -2.13. The van der Waals surface area contributed by atoms with Gasteiger partial charge in [0.15, 0.2) is 0 Å². The van der Waals surface area contributed by atoms with Crippen molar-refractivity contribution in [3.8, 4) is 6.07 Å². The number of benzene rings is 1. The fourth-order valence-electron chi connectivity index (χ4n) is 1.69. The summed E-state index contributed by atoms with van der Waals surface area (Å²) in [4.78, 5) is 11.9. The van der Waals surface area contributed by atoms with E-state index < -0.39 is 5.82 Å². The van der Waals surface area contributed by atoms with Crippen LogP contribution >= 0.6 is 15.9 Å². The third-order valence-electron chi connectivity index (χ3n) is 2.58. The van der Waals surface area contributed by atoms with Crippen LogP contribution in [0.2, 0.25) is 0 Å². The molecule has 6 heteroatoms. The largest absolute Gasteiger partial charge is 0.398 e. The lowest BCUT2D eigenvalue weighted by Gasteiger charge is -2.09. The molecule has 0 spiro atoms. The average Bonchev–Trinajstić information content (AvgIpc) is 2.38. The van der Waals surface area contributed by atoms with Crippen LogP contribution in [0.25, 0.3) is 0 Å². The monoisotopic (exact) mass is 321 g/mol. The van der Waals surface area contributed by atoms with Crippen LogP contribution < -0.4 is 11.3 Å². The van der Waals surface area contributed by atoms with E-state index in [-0.39, 0.29) is 17.7 Å². The molecule has 2 rings (SSSR count). The van der Waals surface area contributed by atoms with E-state index in [1.807, 2.05) is 6.07 Å². The minimum atomic E-state index is -0.468. The highest BCUT2D eigenvalue weighted by atomic mass is 79.9. The van der Waals surface area contributed by atoms with Crippen LogP contribution in [0, 0.1) is 17.1 Å². The molecule has 0 unspecified atom stereocenters. The summed E-state index contributed by atoms with van der Waals surface area (Å²) in [5, 5.41) is 8.79. The fraction of sp³-hybridized carbons (Fsp3) is 0.0769. The zero-order valence-electron chi connectivity index (χ0n) is 9.73. The van der Waals surface area contributed by atoms with Gasteiger partial charge in [0.2, 0.25) is 0 Å². The summed E-state index contributed by atoms with van der Waals surface area (Å²) in [6, 6.07) is 7.43. The number of nitriles is 1. The SMILES string of the molecule is N#Cc1ccc(F)c(Cn2cc(N)cc(Br)c2=O)c1. The maximum atomic E-state index is 13.7. The molecule has 19 heavy (non-hydrogen) atoms. The number of hydrogen-bond acceptors (Lipinski definition) is 3. The lowest BCUT2D eigenvalue weighted by molar-refractivity contribution is 0.596. The van der Waals surface area contributed by atoms with Crippen LogP contribution in [0.1, 0.15) is 11.1 Å². The number of nitrogens with zero attached hydrogens (tertiary/aromatic N) is 2. The predicted molar refractivity (Wildman–Crippen MR) is 73.0 cm³/mol. The Labute approximate surface area is 117 Å². The van der Waals surface area contributed by atoms with Crippen molar-refractivity contribution in [1.29, 1.82) is 5.26 Å². The van der Waals surface area contributed by atoms with Crippen molar-refractivity contribution >= 4 is 21.6 Å². The van der Waals surface area contributed by atoms with Gasteiger partial charge in [0.1, 0.15) is 5.82 Å². The Balaban J connectivity index is 2.48. The topological polar surface area (TPSA) is 71.8 Å². The van der Waals surface area contributed by atoms with Gasteiger partial charge in [-0.1, -0.05) is 0 Å². The molecule has 0 fully saturated rings. The molecule has 1 aromatic carbocycles. The first-order valence-electron chi connectivity index (χ1n) is 5.35. The summed E-state index contributed by atoms with van der Waals surface area (Å²) in [5.41, 5.74) is 6.33. The third kappa shape index (κ3) is 2.83. The molecule has 1 heterocycles. The van der Waals surface area contributed by atoms with Crippen LogP contribution in [0.5, 0.6) is 0 Å². The normalized spacial score (nSPS) is 10.2. The highest BCUT2D eigenvalue weighted by Gasteiger charge is 2.08. The van der Waals surface area contributed by atoms with E-state index in [1.165, 1.54) is 35.0 Å². The molecule has 2 aromatic rings. The molecule has 2 N–H and O–H groups in total. The first-order chi connectivity index (χ1) is 9.01. The van der Waals surface area contributed by atoms with E-state index in [9.17, 15) is 9.18 Å². The molecular formula is C13H9BrFN3O. The van der Waals surface area contributed by atoms with Gasteiger partial charge in [-0.05, 0) is 40.2 Å². The maximum absolute atomic E-state index is 13.7. The van der Waals surface area contributed by atoms with Crippen LogP contribution in [-0.4, -0.2) is 4.57 Å². The van der Waals surface area contributed by atoms with E-state index in [0.29, 0.717) is 15.7 Å². The first kappa shape index (κ1) is 13.3. The number of nitrogens with two attached hydrogens (primary N) is 1. The molecule has 0 aliphatic heterocycles. The summed E-state index contributed by atoms with van der Waals surface area (Å²) in [6.45, 7) is 0.0177. The Kier molecular flexibility index (Phi) is 3.67. The predicted octanol–water partition coefficient (Wildman–Crippen LogP) is 2.25. The Morgan fingerprint density at radius 2 is 2.16 bits per heavy atom. The molecule has 96 valence electrons. The summed E-state index contributed by atoms with van der Waals surface area (Å²) < 4.78 is 15.3. The Morgan fingerprint density at radius 1 is 1.42 bits per heavy atom.